The van der Waals surface area contributed by atoms with E-state index in [1.807, 2.05) is 36.1 Å². The number of benzene rings is 3. The Labute approximate surface area is 216 Å². The Morgan fingerprint density at radius 3 is 2.44 bits per heavy atom. The number of nitrogens with one attached hydrogen (secondary N) is 1. The van der Waals surface area contributed by atoms with Gasteiger partial charge in [0.2, 0.25) is 11.8 Å². The molecule has 0 saturated carbocycles. The van der Waals surface area contributed by atoms with Crippen molar-refractivity contribution in [2.75, 3.05) is 17.4 Å². The van der Waals surface area contributed by atoms with E-state index in [1.54, 1.807) is 36.4 Å². The molecule has 1 fully saturated rings. The minimum Gasteiger partial charge on any atom is -0.350 e. The Hall–Kier alpha value is -3.36. The number of anilines is 1. The van der Waals surface area contributed by atoms with Gasteiger partial charge in [0.1, 0.15) is 6.54 Å². The number of likely N-dealkylation sites (tertiary alicyclic amines) is 1. The van der Waals surface area contributed by atoms with Gasteiger partial charge in [-0.2, -0.15) is 0 Å². The van der Waals surface area contributed by atoms with Gasteiger partial charge in [0.15, 0.2) is 0 Å². The van der Waals surface area contributed by atoms with Gasteiger partial charge in [-0.1, -0.05) is 65.7 Å². The lowest BCUT2D eigenvalue weighted by Crippen LogP contribution is -2.40. The molecule has 0 unspecified atom stereocenters. The van der Waals surface area contributed by atoms with Crippen LogP contribution >= 0.6 is 11.6 Å². The molecule has 9 heteroatoms. The predicted molar refractivity (Wildman–Crippen MR) is 140 cm³/mol. The fourth-order valence-electron chi connectivity index (χ4n) is 4.11. The van der Waals surface area contributed by atoms with Gasteiger partial charge >= 0.3 is 0 Å². The molecule has 36 heavy (non-hydrogen) atoms. The largest absolute Gasteiger partial charge is 0.350 e. The van der Waals surface area contributed by atoms with E-state index in [0.717, 1.165) is 34.0 Å². The van der Waals surface area contributed by atoms with Crippen molar-refractivity contribution in [1.82, 2.24) is 10.2 Å². The summed E-state index contributed by atoms with van der Waals surface area (Å²) in [5.74, 6) is -0.311. The smallest absolute Gasteiger partial charge is 0.264 e. The molecule has 0 bridgehead atoms. The summed E-state index contributed by atoms with van der Waals surface area (Å²) in [6, 6.07) is 20.6. The standard InChI is InChI=1S/C27H28ClN3O4S/c1-20-11-13-23(14-12-20)36(34,35)31(25-9-3-2-8-24(25)28)19-26(32)29-17-21-6-4-7-22(16-21)18-30-15-5-10-27(30)33/h2-4,6-9,11-14,16H,5,10,15,17-19H2,1H3,(H,29,32). The molecule has 7 nitrogen and oxygen atoms in total. The van der Waals surface area contributed by atoms with Crippen molar-refractivity contribution in [2.45, 2.75) is 37.8 Å². The summed E-state index contributed by atoms with van der Waals surface area (Å²) >= 11 is 6.33. The number of nitrogens with zero attached hydrogens (tertiary/aromatic N) is 2. The average Bonchev–Trinajstić information content (AvgIpc) is 3.26. The van der Waals surface area contributed by atoms with Crippen molar-refractivity contribution in [3.05, 3.63) is 94.5 Å². The molecule has 0 aromatic heterocycles. The molecule has 1 aliphatic heterocycles. The van der Waals surface area contributed by atoms with Crippen molar-refractivity contribution in [3.63, 3.8) is 0 Å². The van der Waals surface area contributed by atoms with E-state index in [9.17, 15) is 18.0 Å². The predicted octanol–water partition coefficient (Wildman–Crippen LogP) is 4.28. The number of hydrogen-bond donors (Lipinski definition) is 1. The van der Waals surface area contributed by atoms with Crippen LogP contribution in [0.2, 0.25) is 5.02 Å². The number of hydrogen-bond acceptors (Lipinski definition) is 4. The van der Waals surface area contributed by atoms with E-state index in [-0.39, 0.29) is 28.1 Å². The zero-order valence-corrected chi connectivity index (χ0v) is 21.6. The summed E-state index contributed by atoms with van der Waals surface area (Å²) in [5.41, 5.74) is 2.99. The highest BCUT2D eigenvalue weighted by Gasteiger charge is 2.28. The van der Waals surface area contributed by atoms with Gasteiger partial charge < -0.3 is 10.2 Å². The van der Waals surface area contributed by atoms with Crippen molar-refractivity contribution >= 4 is 39.1 Å². The zero-order chi connectivity index (χ0) is 25.7. The van der Waals surface area contributed by atoms with E-state index in [2.05, 4.69) is 5.32 Å². The molecule has 3 aromatic rings. The summed E-state index contributed by atoms with van der Waals surface area (Å²) < 4.78 is 28.0. The highest BCUT2D eigenvalue weighted by molar-refractivity contribution is 7.92. The summed E-state index contributed by atoms with van der Waals surface area (Å²) in [6.45, 7) is 2.96. The number of aryl methyl sites for hydroxylation is 1. The van der Waals surface area contributed by atoms with Crippen LogP contribution in [0.1, 0.15) is 29.5 Å². The molecule has 2 amide bonds. The Morgan fingerprint density at radius 1 is 1.03 bits per heavy atom. The van der Waals surface area contributed by atoms with Crippen molar-refractivity contribution in [3.8, 4) is 0 Å². The number of amides is 2. The maximum atomic E-state index is 13.5. The number of para-hydroxylation sites is 1. The third-order valence-corrected chi connectivity index (χ3v) is 8.14. The summed E-state index contributed by atoms with van der Waals surface area (Å²) in [6.07, 6.45) is 1.46. The van der Waals surface area contributed by atoms with Crippen LogP contribution in [0.25, 0.3) is 0 Å². The maximum Gasteiger partial charge on any atom is 0.264 e. The van der Waals surface area contributed by atoms with Crippen molar-refractivity contribution in [1.29, 1.82) is 0 Å². The normalized spacial score (nSPS) is 13.6. The Kier molecular flexibility index (Phi) is 7.96. The minimum absolute atomic E-state index is 0.0741. The molecule has 3 aromatic carbocycles. The van der Waals surface area contributed by atoms with Gasteiger partial charge in [-0.3, -0.25) is 13.9 Å². The Bertz CT molecular complexity index is 1360. The quantitative estimate of drug-likeness (QED) is 0.451. The van der Waals surface area contributed by atoms with E-state index in [1.165, 1.54) is 12.1 Å². The Morgan fingerprint density at radius 2 is 1.75 bits per heavy atom. The molecular formula is C27H28ClN3O4S. The van der Waals surface area contributed by atoms with Crippen LogP contribution in [0, 0.1) is 6.92 Å². The fraction of sp³-hybridized carbons (Fsp3) is 0.259. The number of sulfonamides is 1. The second-order valence-electron chi connectivity index (χ2n) is 8.79. The van der Waals surface area contributed by atoms with Gasteiger partial charge in [0, 0.05) is 26.1 Å². The molecule has 0 aliphatic carbocycles. The van der Waals surface area contributed by atoms with Gasteiger partial charge in [-0.15, -0.1) is 0 Å². The molecule has 1 N–H and O–H groups in total. The van der Waals surface area contributed by atoms with Crippen molar-refractivity contribution in [2.24, 2.45) is 0 Å². The third-order valence-electron chi connectivity index (χ3n) is 6.04. The summed E-state index contributed by atoms with van der Waals surface area (Å²) in [4.78, 5) is 26.8. The third kappa shape index (κ3) is 6.06. The van der Waals surface area contributed by atoms with E-state index in [0.29, 0.717) is 13.0 Å². The lowest BCUT2D eigenvalue weighted by molar-refractivity contribution is -0.128. The molecule has 4 rings (SSSR count). The topological polar surface area (TPSA) is 86.8 Å². The molecule has 0 spiro atoms. The highest BCUT2D eigenvalue weighted by atomic mass is 35.5. The highest BCUT2D eigenvalue weighted by Crippen LogP contribution is 2.30. The average molecular weight is 526 g/mol. The van der Waals surface area contributed by atoms with Crippen LogP contribution in [0.4, 0.5) is 5.69 Å². The van der Waals surface area contributed by atoms with Gasteiger partial charge in [0.25, 0.3) is 10.0 Å². The molecule has 0 radical (unpaired) electrons. The van der Waals surface area contributed by atoms with Crippen LogP contribution in [0.3, 0.4) is 0 Å². The molecule has 1 aliphatic rings. The molecule has 1 heterocycles. The van der Waals surface area contributed by atoms with Gasteiger partial charge in [0.05, 0.1) is 15.6 Å². The summed E-state index contributed by atoms with van der Waals surface area (Å²) in [7, 11) is -4.05. The first-order chi connectivity index (χ1) is 17.2. The first-order valence-electron chi connectivity index (χ1n) is 11.7. The number of carbonyl (C=O) groups is 2. The SMILES string of the molecule is Cc1ccc(S(=O)(=O)N(CC(=O)NCc2cccc(CN3CCCC3=O)c2)c2ccccc2Cl)cc1. The van der Waals surface area contributed by atoms with Crippen molar-refractivity contribution < 1.29 is 18.0 Å². The van der Waals surface area contributed by atoms with Crippen LogP contribution in [-0.4, -0.2) is 38.2 Å². The second-order valence-corrected chi connectivity index (χ2v) is 11.1. The first-order valence-corrected chi connectivity index (χ1v) is 13.5. The van der Waals surface area contributed by atoms with E-state index in [4.69, 9.17) is 11.6 Å². The van der Waals surface area contributed by atoms with Gasteiger partial charge in [-0.05, 0) is 48.7 Å². The molecular weight excluding hydrogens is 498 g/mol. The molecule has 0 atom stereocenters. The van der Waals surface area contributed by atoms with E-state index >= 15 is 0 Å². The lowest BCUT2D eigenvalue weighted by Gasteiger charge is -2.25. The number of rotatable bonds is 9. The van der Waals surface area contributed by atoms with Crippen LogP contribution in [-0.2, 0) is 32.7 Å². The lowest BCUT2D eigenvalue weighted by atomic mass is 10.1. The van der Waals surface area contributed by atoms with Crippen LogP contribution in [0.5, 0.6) is 0 Å². The van der Waals surface area contributed by atoms with Crippen LogP contribution < -0.4 is 9.62 Å². The Balaban J connectivity index is 1.49. The summed E-state index contributed by atoms with van der Waals surface area (Å²) in [5, 5.41) is 3.04. The van der Waals surface area contributed by atoms with Crippen LogP contribution in [0.15, 0.2) is 77.7 Å². The zero-order valence-electron chi connectivity index (χ0n) is 20.0. The second kappa shape index (κ2) is 11.1. The first kappa shape index (κ1) is 25.7. The van der Waals surface area contributed by atoms with Gasteiger partial charge in [-0.25, -0.2) is 8.42 Å². The molecule has 188 valence electrons. The maximum absolute atomic E-state index is 13.5. The molecule has 1 saturated heterocycles. The van der Waals surface area contributed by atoms with E-state index < -0.39 is 22.5 Å². The minimum atomic E-state index is -4.05. The fourth-order valence-corrected chi connectivity index (χ4v) is 5.84. The number of carbonyl (C=O) groups excluding carboxylic acids is 2. The monoisotopic (exact) mass is 525 g/mol. The number of halogens is 1.